The zero-order chi connectivity index (χ0) is 24.3. The Kier molecular flexibility index (Phi) is 8.22. The molecule has 2 aliphatic rings. The van der Waals surface area contributed by atoms with Crippen molar-refractivity contribution in [3.8, 4) is 0 Å². The second kappa shape index (κ2) is 10.6. The lowest BCUT2D eigenvalue weighted by Crippen LogP contribution is -2.56. The van der Waals surface area contributed by atoms with Crippen molar-refractivity contribution in [1.29, 1.82) is 0 Å². The van der Waals surface area contributed by atoms with Crippen LogP contribution in [0.1, 0.15) is 76.3 Å². The van der Waals surface area contributed by atoms with Gasteiger partial charge in [0.1, 0.15) is 6.04 Å². The van der Waals surface area contributed by atoms with E-state index in [4.69, 9.17) is 0 Å². The fourth-order valence-corrected chi connectivity index (χ4v) is 6.11. The van der Waals surface area contributed by atoms with Gasteiger partial charge in [0.2, 0.25) is 11.8 Å². The lowest BCUT2D eigenvalue weighted by atomic mass is 9.81. The summed E-state index contributed by atoms with van der Waals surface area (Å²) in [6, 6.07) is -0.927. The number of aryl methyl sites for hydroxylation is 1. The second-order valence-corrected chi connectivity index (χ2v) is 11.7. The molecule has 1 aromatic heterocycles. The number of aliphatic hydroxyl groups is 1. The summed E-state index contributed by atoms with van der Waals surface area (Å²) in [5, 5.41) is 16.6. The van der Waals surface area contributed by atoms with E-state index in [0.717, 1.165) is 25.1 Å². The molecule has 8 heteroatoms. The van der Waals surface area contributed by atoms with E-state index >= 15 is 0 Å². The van der Waals surface area contributed by atoms with Crippen molar-refractivity contribution in [3.63, 3.8) is 0 Å². The van der Waals surface area contributed by atoms with E-state index < -0.39 is 17.6 Å². The van der Waals surface area contributed by atoms with E-state index in [2.05, 4.69) is 29.1 Å². The topological polar surface area (TPSA) is 94.6 Å². The molecule has 184 valence electrons. The molecule has 0 spiro atoms. The van der Waals surface area contributed by atoms with Crippen LogP contribution in [0.4, 0.5) is 0 Å². The van der Waals surface area contributed by atoms with E-state index in [0.29, 0.717) is 18.3 Å². The number of rotatable bonds is 7. The zero-order valence-electron chi connectivity index (χ0n) is 20.7. The van der Waals surface area contributed by atoms with Crippen LogP contribution in [0.3, 0.4) is 0 Å². The Morgan fingerprint density at radius 1 is 1.30 bits per heavy atom. The molecule has 2 amide bonds. The van der Waals surface area contributed by atoms with Crippen LogP contribution in [0, 0.1) is 18.3 Å². The third-order valence-corrected chi connectivity index (χ3v) is 8.14. The van der Waals surface area contributed by atoms with Crippen molar-refractivity contribution >= 4 is 23.2 Å². The first kappa shape index (κ1) is 25.7. The molecule has 1 saturated heterocycles. The summed E-state index contributed by atoms with van der Waals surface area (Å²) in [7, 11) is 0. The molecule has 0 unspecified atom stereocenters. The Morgan fingerprint density at radius 2 is 1.97 bits per heavy atom. The molecule has 3 N–H and O–H groups in total. The molecule has 3 atom stereocenters. The van der Waals surface area contributed by atoms with E-state index in [1.165, 1.54) is 30.3 Å². The minimum absolute atomic E-state index is 0.164. The number of β-amino-alcohol motifs (C(OH)–C–C–N with tert-alkyl or cyclic N) is 1. The summed E-state index contributed by atoms with van der Waals surface area (Å²) in [5.74, 6) is 0.796. The molecule has 0 radical (unpaired) electrons. The third-order valence-electron chi connectivity index (χ3n) is 7.04. The van der Waals surface area contributed by atoms with E-state index in [-0.39, 0.29) is 24.4 Å². The maximum Gasteiger partial charge on any atom is 0.246 e. The Bertz CT molecular complexity index is 854. The second-order valence-electron chi connectivity index (χ2n) is 10.8. The summed E-state index contributed by atoms with van der Waals surface area (Å²) >= 11 is 1.77. The van der Waals surface area contributed by atoms with Gasteiger partial charge in [-0.2, -0.15) is 0 Å². The van der Waals surface area contributed by atoms with Crippen LogP contribution in [0.2, 0.25) is 0 Å². The smallest absolute Gasteiger partial charge is 0.246 e. The highest BCUT2D eigenvalue weighted by atomic mass is 32.1. The third kappa shape index (κ3) is 6.35. The molecule has 2 heterocycles. The highest BCUT2D eigenvalue weighted by molar-refractivity contribution is 7.09. The molecule has 0 aromatic carbocycles. The first-order chi connectivity index (χ1) is 15.5. The Labute approximate surface area is 202 Å². The average molecular weight is 477 g/mol. The van der Waals surface area contributed by atoms with Crippen LogP contribution < -0.4 is 10.6 Å². The first-order valence-corrected chi connectivity index (χ1v) is 12.9. The SMILES string of the molecule is C=C(NC[C@H]1CC[C@H](c2scnc2C)CC1)[C@@H]1C[C@@H](O)CN1C(=O)[C@@H](NC(C)=O)C(C)(C)C. The lowest BCUT2D eigenvalue weighted by Gasteiger charge is -2.36. The quantitative estimate of drug-likeness (QED) is 0.561. The molecule has 7 nitrogen and oxygen atoms in total. The van der Waals surface area contributed by atoms with Gasteiger partial charge in [-0.25, -0.2) is 4.98 Å². The summed E-state index contributed by atoms with van der Waals surface area (Å²) in [6.07, 6.45) is 4.55. The maximum absolute atomic E-state index is 13.4. The number of hydrogen-bond donors (Lipinski definition) is 3. The predicted molar refractivity (Wildman–Crippen MR) is 132 cm³/mol. The number of carbonyl (C=O) groups is 2. The summed E-state index contributed by atoms with van der Waals surface area (Å²) < 4.78 is 0. The van der Waals surface area contributed by atoms with Crippen LogP contribution in [0.5, 0.6) is 0 Å². The van der Waals surface area contributed by atoms with Gasteiger partial charge in [0, 0.05) is 37.0 Å². The Balaban J connectivity index is 1.56. The normalized spacial score (nSPS) is 26.7. The number of aromatic nitrogens is 1. The van der Waals surface area contributed by atoms with Gasteiger partial charge in [-0.15, -0.1) is 11.3 Å². The lowest BCUT2D eigenvalue weighted by molar-refractivity contribution is -0.139. The van der Waals surface area contributed by atoms with Crippen LogP contribution >= 0.6 is 11.3 Å². The molecule has 33 heavy (non-hydrogen) atoms. The monoisotopic (exact) mass is 476 g/mol. The van der Waals surface area contributed by atoms with Crippen molar-refractivity contribution in [1.82, 2.24) is 20.5 Å². The fraction of sp³-hybridized carbons (Fsp3) is 0.720. The van der Waals surface area contributed by atoms with Crippen LogP contribution in [0.15, 0.2) is 17.8 Å². The average Bonchev–Trinajstić information content (AvgIpc) is 3.35. The molecule has 3 rings (SSSR count). The minimum Gasteiger partial charge on any atom is -0.391 e. The van der Waals surface area contributed by atoms with Gasteiger partial charge >= 0.3 is 0 Å². The van der Waals surface area contributed by atoms with Gasteiger partial charge in [0.05, 0.1) is 23.4 Å². The van der Waals surface area contributed by atoms with Gasteiger partial charge in [0.15, 0.2) is 0 Å². The Morgan fingerprint density at radius 3 is 2.52 bits per heavy atom. The Hall–Kier alpha value is -1.93. The summed E-state index contributed by atoms with van der Waals surface area (Å²) in [4.78, 5) is 32.7. The summed E-state index contributed by atoms with van der Waals surface area (Å²) in [5.41, 5.74) is 3.45. The summed E-state index contributed by atoms with van der Waals surface area (Å²) in [6.45, 7) is 14.6. The molecule has 2 fully saturated rings. The van der Waals surface area contributed by atoms with E-state index in [9.17, 15) is 14.7 Å². The van der Waals surface area contributed by atoms with Crippen molar-refractivity contribution < 1.29 is 14.7 Å². The van der Waals surface area contributed by atoms with Crippen LogP contribution in [-0.2, 0) is 9.59 Å². The van der Waals surface area contributed by atoms with Crippen LogP contribution in [-0.4, -0.2) is 58.1 Å². The highest BCUT2D eigenvalue weighted by Crippen LogP contribution is 2.38. The highest BCUT2D eigenvalue weighted by Gasteiger charge is 2.42. The maximum atomic E-state index is 13.4. The molecule has 0 bridgehead atoms. The van der Waals surface area contributed by atoms with E-state index in [1.54, 1.807) is 16.2 Å². The fourth-order valence-electron chi connectivity index (χ4n) is 5.13. The standard InChI is InChI=1S/C25H40N4O3S/c1-15(26-12-18-7-9-19(10-8-18)22-16(2)27-14-33-22)21-11-20(31)13-29(21)24(32)23(25(4,5)6)28-17(3)30/h14,18-21,23,26,31H,1,7-13H2,2-6H3,(H,28,30)/t18-,19-,20-,21+,23-/m1/s1. The van der Waals surface area contributed by atoms with Gasteiger partial charge in [-0.05, 0) is 49.9 Å². The van der Waals surface area contributed by atoms with Gasteiger partial charge in [-0.3, -0.25) is 9.59 Å². The van der Waals surface area contributed by atoms with Crippen LogP contribution in [0.25, 0.3) is 0 Å². The number of aliphatic hydroxyl groups excluding tert-OH is 1. The number of hydrogen-bond acceptors (Lipinski definition) is 6. The minimum atomic E-state index is -0.652. The molecular formula is C25H40N4O3S. The molecular weight excluding hydrogens is 436 g/mol. The predicted octanol–water partition coefficient (Wildman–Crippen LogP) is 3.34. The number of nitrogens with zero attached hydrogens (tertiary/aromatic N) is 2. The number of thiazole rings is 1. The largest absolute Gasteiger partial charge is 0.391 e. The van der Waals surface area contributed by atoms with Gasteiger partial charge in [0.25, 0.3) is 0 Å². The van der Waals surface area contributed by atoms with Crippen molar-refractivity contribution in [3.05, 3.63) is 28.4 Å². The van der Waals surface area contributed by atoms with Gasteiger partial charge in [-0.1, -0.05) is 27.4 Å². The molecule has 1 saturated carbocycles. The first-order valence-electron chi connectivity index (χ1n) is 12.1. The van der Waals surface area contributed by atoms with Crippen molar-refractivity contribution in [2.24, 2.45) is 11.3 Å². The van der Waals surface area contributed by atoms with Gasteiger partial charge < -0.3 is 20.6 Å². The zero-order valence-corrected chi connectivity index (χ0v) is 21.5. The number of amides is 2. The van der Waals surface area contributed by atoms with Crippen molar-refractivity contribution in [2.45, 2.75) is 90.8 Å². The van der Waals surface area contributed by atoms with Crippen molar-refractivity contribution in [2.75, 3.05) is 13.1 Å². The number of nitrogens with one attached hydrogen (secondary N) is 2. The van der Waals surface area contributed by atoms with E-state index in [1.807, 2.05) is 26.3 Å². The molecule has 1 aliphatic carbocycles. The number of carbonyl (C=O) groups excluding carboxylic acids is 2. The molecule has 1 aliphatic heterocycles. The number of likely N-dealkylation sites (tertiary alicyclic amines) is 1. The molecule has 1 aromatic rings.